The van der Waals surface area contributed by atoms with E-state index in [1.165, 1.54) is 18.2 Å². The number of aliphatic hydroxyl groups excluding tert-OH is 1. The van der Waals surface area contributed by atoms with Crippen LogP contribution in [0.25, 0.3) is 22.2 Å². The molecule has 5 rings (SSSR count). The lowest BCUT2D eigenvalue weighted by Crippen LogP contribution is -2.55. The van der Waals surface area contributed by atoms with Gasteiger partial charge in [0.2, 0.25) is 11.8 Å². The van der Waals surface area contributed by atoms with Crippen molar-refractivity contribution in [3.63, 3.8) is 0 Å². The first-order valence-corrected chi connectivity index (χ1v) is 16.4. The topological polar surface area (TPSA) is 108 Å². The first kappa shape index (κ1) is 34.0. The zero-order valence-electron chi connectivity index (χ0n) is 27.2. The van der Waals surface area contributed by atoms with Gasteiger partial charge in [0.25, 0.3) is 0 Å². The van der Waals surface area contributed by atoms with E-state index in [-0.39, 0.29) is 54.6 Å². The van der Waals surface area contributed by atoms with Gasteiger partial charge in [0.1, 0.15) is 17.7 Å². The summed E-state index contributed by atoms with van der Waals surface area (Å²) in [6.07, 6.45) is 2.25. The zero-order valence-corrected chi connectivity index (χ0v) is 27.2. The highest BCUT2D eigenvalue weighted by atomic mass is 19.1. The molecule has 2 aliphatic rings. The number of likely N-dealkylation sites (N-methyl/N-ethyl adjacent to an activating group) is 1. The van der Waals surface area contributed by atoms with Crippen molar-refractivity contribution in [3.8, 4) is 11.3 Å². The largest absolute Gasteiger partial charge is 0.391 e. The molecule has 0 radical (unpaired) electrons. The summed E-state index contributed by atoms with van der Waals surface area (Å²) in [5.74, 6) is -1.24. The van der Waals surface area contributed by atoms with Crippen LogP contribution in [0.1, 0.15) is 57.6 Å². The molecule has 0 aliphatic carbocycles. The van der Waals surface area contributed by atoms with Gasteiger partial charge in [0.05, 0.1) is 29.5 Å². The standard InChI is InChI=1S/C35H47F2N5O4/c1-5-30(38-3)34(44)40-31(16-21(2)46-4)35(45)41-20-27(43)18-26(41)19-29-28-11-10-24(37)17-32(28)42(25-12-14-39-15-13-25)33(29)22-6-8-23(36)9-7-22/h6-11,17,21,25-27,30-31,38-39,43H,5,12-16,18-20H2,1-4H3,(H,40,44)/t21-,26-,27-,30-,31-/m0/s1. The number of benzene rings is 2. The van der Waals surface area contributed by atoms with Crippen molar-refractivity contribution >= 4 is 22.7 Å². The van der Waals surface area contributed by atoms with E-state index in [1.54, 1.807) is 43.3 Å². The second kappa shape index (κ2) is 15.0. The number of rotatable bonds is 12. The number of hydrogen-bond donors (Lipinski definition) is 4. The van der Waals surface area contributed by atoms with Gasteiger partial charge in [-0.15, -0.1) is 0 Å². The molecule has 3 heterocycles. The van der Waals surface area contributed by atoms with Crippen LogP contribution in [-0.4, -0.2) is 90.5 Å². The molecule has 2 fully saturated rings. The van der Waals surface area contributed by atoms with Crippen LogP contribution >= 0.6 is 0 Å². The van der Waals surface area contributed by atoms with Crippen LogP contribution in [0.2, 0.25) is 0 Å². The van der Waals surface area contributed by atoms with Gasteiger partial charge in [-0.1, -0.05) is 6.92 Å². The molecule has 2 amide bonds. The number of nitrogens with one attached hydrogen (secondary N) is 3. The van der Waals surface area contributed by atoms with Crippen molar-refractivity contribution in [3.05, 3.63) is 59.7 Å². The Morgan fingerprint density at radius 3 is 2.43 bits per heavy atom. The van der Waals surface area contributed by atoms with Crippen LogP contribution < -0.4 is 16.0 Å². The van der Waals surface area contributed by atoms with Crippen molar-refractivity contribution in [2.24, 2.45) is 0 Å². The summed E-state index contributed by atoms with van der Waals surface area (Å²) < 4.78 is 36.6. The average Bonchev–Trinajstić information content (AvgIpc) is 3.58. The van der Waals surface area contributed by atoms with Crippen LogP contribution in [0.5, 0.6) is 0 Å². The Morgan fingerprint density at radius 1 is 1.09 bits per heavy atom. The molecule has 2 saturated heterocycles. The molecule has 2 aromatic carbocycles. The number of halogens is 2. The van der Waals surface area contributed by atoms with Crippen LogP contribution in [-0.2, 0) is 20.7 Å². The van der Waals surface area contributed by atoms with E-state index in [4.69, 9.17) is 4.74 Å². The van der Waals surface area contributed by atoms with Gasteiger partial charge < -0.3 is 35.3 Å². The number of aromatic nitrogens is 1. The number of β-amino-alcohol motifs (C(OH)–C–C–N with tert-alkyl or cyclic N) is 1. The van der Waals surface area contributed by atoms with Gasteiger partial charge in [-0.2, -0.15) is 0 Å². The zero-order chi connectivity index (χ0) is 33.0. The van der Waals surface area contributed by atoms with Gasteiger partial charge >= 0.3 is 0 Å². The van der Waals surface area contributed by atoms with Crippen LogP contribution in [0, 0.1) is 11.6 Å². The maximum absolute atomic E-state index is 14.8. The number of fused-ring (bicyclic) bond motifs is 1. The molecule has 9 nitrogen and oxygen atoms in total. The van der Waals surface area contributed by atoms with E-state index in [0.29, 0.717) is 19.3 Å². The summed E-state index contributed by atoms with van der Waals surface area (Å²) in [5.41, 5.74) is 3.36. The number of carbonyl (C=O) groups excluding carboxylic acids is 2. The van der Waals surface area contributed by atoms with E-state index in [2.05, 4.69) is 20.5 Å². The molecule has 4 N–H and O–H groups in total. The number of piperidine rings is 1. The molecule has 0 saturated carbocycles. The number of methoxy groups -OCH3 is 1. The lowest BCUT2D eigenvalue weighted by molar-refractivity contribution is -0.138. The third-order valence-corrected chi connectivity index (χ3v) is 9.64. The fraction of sp³-hybridized carbons (Fsp3) is 0.543. The van der Waals surface area contributed by atoms with Gasteiger partial charge in [-0.25, -0.2) is 8.78 Å². The minimum absolute atomic E-state index is 0.0973. The summed E-state index contributed by atoms with van der Waals surface area (Å²) in [5, 5.41) is 21.1. The summed E-state index contributed by atoms with van der Waals surface area (Å²) in [6.45, 7) is 5.53. The number of ether oxygens (including phenoxy) is 1. The molecule has 1 aromatic heterocycles. The SMILES string of the molecule is CC[C@H](NC)C(=O)N[C@@H](C[C@H](C)OC)C(=O)N1C[C@@H](O)C[C@H]1Cc1c(-c2ccc(F)cc2)n(C2CCNCC2)c2cc(F)ccc12. The normalized spacial score (nSPS) is 21.0. The smallest absolute Gasteiger partial charge is 0.245 e. The minimum atomic E-state index is -0.848. The minimum Gasteiger partial charge on any atom is -0.391 e. The number of amides is 2. The maximum Gasteiger partial charge on any atom is 0.245 e. The number of hydrogen-bond acceptors (Lipinski definition) is 6. The quantitative estimate of drug-likeness (QED) is 0.239. The Hall–Kier alpha value is -3.38. The summed E-state index contributed by atoms with van der Waals surface area (Å²) in [4.78, 5) is 29.0. The van der Waals surface area contributed by atoms with E-state index in [0.717, 1.165) is 53.7 Å². The monoisotopic (exact) mass is 639 g/mol. The predicted molar refractivity (Wildman–Crippen MR) is 174 cm³/mol. The van der Waals surface area contributed by atoms with Crippen LogP contribution in [0.3, 0.4) is 0 Å². The lowest BCUT2D eigenvalue weighted by atomic mass is 9.96. The molecule has 5 atom stereocenters. The molecule has 11 heteroatoms. The van der Waals surface area contributed by atoms with Gasteiger partial charge in [-0.05, 0) is 113 Å². The Kier molecular flexibility index (Phi) is 11.1. The highest BCUT2D eigenvalue weighted by molar-refractivity contribution is 5.93. The molecular formula is C35H47F2N5O4. The second-order valence-electron chi connectivity index (χ2n) is 12.7. The summed E-state index contributed by atoms with van der Waals surface area (Å²) >= 11 is 0. The Labute approximate surface area is 269 Å². The van der Waals surface area contributed by atoms with Crippen molar-refractivity contribution in [2.75, 3.05) is 33.8 Å². The first-order chi connectivity index (χ1) is 22.1. The Bertz CT molecular complexity index is 1500. The van der Waals surface area contributed by atoms with Crippen molar-refractivity contribution in [1.82, 2.24) is 25.4 Å². The van der Waals surface area contributed by atoms with Gasteiger partial charge in [-0.3, -0.25) is 9.59 Å². The Balaban J connectivity index is 1.57. The number of aliphatic hydroxyl groups is 1. The van der Waals surface area contributed by atoms with Crippen LogP contribution in [0.4, 0.5) is 8.78 Å². The molecule has 0 bridgehead atoms. The van der Waals surface area contributed by atoms with Crippen LogP contribution in [0.15, 0.2) is 42.5 Å². The molecule has 46 heavy (non-hydrogen) atoms. The predicted octanol–water partition coefficient (Wildman–Crippen LogP) is 3.92. The third kappa shape index (κ3) is 7.27. The number of likely N-dealkylation sites (tertiary alicyclic amines) is 1. The number of carbonyl (C=O) groups is 2. The Morgan fingerprint density at radius 2 is 1.78 bits per heavy atom. The lowest BCUT2D eigenvalue weighted by Gasteiger charge is -2.31. The third-order valence-electron chi connectivity index (χ3n) is 9.64. The molecule has 2 aliphatic heterocycles. The first-order valence-electron chi connectivity index (χ1n) is 16.4. The van der Waals surface area contributed by atoms with Crippen molar-refractivity contribution < 1.29 is 28.2 Å². The highest BCUT2D eigenvalue weighted by Gasteiger charge is 2.40. The molecular weight excluding hydrogens is 592 g/mol. The van der Waals surface area contributed by atoms with Crippen molar-refractivity contribution in [2.45, 2.75) is 88.7 Å². The fourth-order valence-electron chi connectivity index (χ4n) is 7.16. The second-order valence-corrected chi connectivity index (χ2v) is 12.7. The van der Waals surface area contributed by atoms with E-state index in [9.17, 15) is 23.5 Å². The maximum atomic E-state index is 14.8. The van der Waals surface area contributed by atoms with E-state index in [1.807, 2.05) is 13.8 Å². The summed E-state index contributed by atoms with van der Waals surface area (Å²) in [6, 6.07) is 9.56. The van der Waals surface area contributed by atoms with Gasteiger partial charge in [0.15, 0.2) is 0 Å². The molecule has 0 unspecified atom stereocenters. The van der Waals surface area contributed by atoms with E-state index < -0.39 is 18.2 Å². The highest BCUT2D eigenvalue weighted by Crippen LogP contribution is 2.41. The van der Waals surface area contributed by atoms with Gasteiger partial charge in [0, 0.05) is 37.5 Å². The number of nitrogens with zero attached hydrogens (tertiary/aromatic N) is 2. The van der Waals surface area contributed by atoms with E-state index >= 15 is 0 Å². The van der Waals surface area contributed by atoms with Crippen molar-refractivity contribution in [1.29, 1.82) is 0 Å². The summed E-state index contributed by atoms with van der Waals surface area (Å²) in [7, 11) is 3.27. The average molecular weight is 640 g/mol. The molecule has 3 aromatic rings. The molecule has 0 spiro atoms. The fourth-order valence-corrected chi connectivity index (χ4v) is 7.16. The molecule has 250 valence electrons.